The summed E-state index contributed by atoms with van der Waals surface area (Å²) in [6.07, 6.45) is 11.0. The fraction of sp³-hybridized carbons (Fsp3) is 0.794. The Hall–Kier alpha value is -1.87. The maximum atomic E-state index is 14.0. The van der Waals surface area contributed by atoms with Crippen LogP contribution in [0.5, 0.6) is 0 Å². The quantitative estimate of drug-likeness (QED) is 0.307. The zero-order chi connectivity index (χ0) is 30.4. The number of allylic oxidation sites excluding steroid dienone is 4. The van der Waals surface area contributed by atoms with Gasteiger partial charge in [-0.05, 0) is 82.0 Å². The van der Waals surface area contributed by atoms with Crippen LogP contribution in [0.3, 0.4) is 0 Å². The Labute approximate surface area is 250 Å². The maximum absolute atomic E-state index is 14.0. The van der Waals surface area contributed by atoms with Crippen LogP contribution in [-0.4, -0.2) is 78.4 Å². The van der Waals surface area contributed by atoms with Crippen molar-refractivity contribution in [3.63, 3.8) is 0 Å². The highest BCUT2D eigenvalue weighted by Gasteiger charge is 2.65. The first-order valence-corrected chi connectivity index (χ1v) is 16.1. The Morgan fingerprint density at radius 2 is 1.86 bits per heavy atom. The second-order valence-electron chi connectivity index (χ2n) is 14.7. The SMILES string of the molecule is C[C@H](CN(C)C)C(=O)OCC(=O)[C@H]1[C@H](O[C@H](O)C2CCCCC2)CC2[C@@H]3CCC4=CC(=O)C=C[C@]4(C)C3[C@@H](O)C[C@@]21C. The minimum absolute atomic E-state index is 0.00204. The number of nitrogens with zero attached hydrogens (tertiary/aromatic N) is 1. The number of hydrogen-bond acceptors (Lipinski definition) is 8. The van der Waals surface area contributed by atoms with Gasteiger partial charge in [-0.2, -0.15) is 0 Å². The van der Waals surface area contributed by atoms with E-state index >= 15 is 0 Å². The van der Waals surface area contributed by atoms with Crippen molar-refractivity contribution in [2.24, 2.45) is 46.3 Å². The molecule has 2 N–H and O–H groups in total. The number of rotatable bonds is 9. The molecule has 5 aliphatic rings. The summed E-state index contributed by atoms with van der Waals surface area (Å²) in [5.74, 6) is -1.34. The average Bonchev–Trinajstić information content (AvgIpc) is 3.22. The van der Waals surface area contributed by atoms with E-state index in [1.165, 1.54) is 6.42 Å². The predicted octanol–water partition coefficient (Wildman–Crippen LogP) is 4.09. The lowest BCUT2D eigenvalue weighted by Gasteiger charge is -2.58. The highest BCUT2D eigenvalue weighted by atomic mass is 16.6. The van der Waals surface area contributed by atoms with E-state index < -0.39 is 41.2 Å². The van der Waals surface area contributed by atoms with E-state index in [1.807, 2.05) is 25.1 Å². The molecule has 0 aromatic rings. The molecule has 0 heterocycles. The van der Waals surface area contributed by atoms with E-state index in [-0.39, 0.29) is 47.8 Å². The lowest BCUT2D eigenvalue weighted by atomic mass is 9.46. The maximum Gasteiger partial charge on any atom is 0.310 e. The zero-order valence-corrected chi connectivity index (χ0v) is 26.1. The van der Waals surface area contributed by atoms with Crippen LogP contribution in [0.15, 0.2) is 23.8 Å². The minimum atomic E-state index is -0.941. The average molecular weight is 586 g/mol. The summed E-state index contributed by atoms with van der Waals surface area (Å²) in [6, 6.07) is 0. The molecule has 5 aliphatic carbocycles. The van der Waals surface area contributed by atoms with Crippen molar-refractivity contribution in [2.45, 2.75) is 97.1 Å². The van der Waals surface area contributed by atoms with Gasteiger partial charge in [0, 0.05) is 23.8 Å². The number of fused-ring (bicyclic) bond motifs is 5. The van der Waals surface area contributed by atoms with Crippen molar-refractivity contribution in [2.75, 3.05) is 27.2 Å². The van der Waals surface area contributed by atoms with Gasteiger partial charge in [0.05, 0.1) is 24.0 Å². The van der Waals surface area contributed by atoms with Crippen molar-refractivity contribution in [1.29, 1.82) is 0 Å². The molecule has 10 atom stereocenters. The van der Waals surface area contributed by atoms with Crippen molar-refractivity contribution in [3.05, 3.63) is 23.8 Å². The Morgan fingerprint density at radius 3 is 2.55 bits per heavy atom. The topological polar surface area (TPSA) is 113 Å². The fourth-order valence-corrected chi connectivity index (χ4v) is 9.73. The fourth-order valence-electron chi connectivity index (χ4n) is 9.73. The van der Waals surface area contributed by atoms with Gasteiger partial charge >= 0.3 is 5.97 Å². The highest BCUT2D eigenvalue weighted by Crippen LogP contribution is 2.66. The van der Waals surface area contributed by atoms with E-state index in [4.69, 9.17) is 9.47 Å². The monoisotopic (exact) mass is 585 g/mol. The van der Waals surface area contributed by atoms with Crippen molar-refractivity contribution >= 4 is 17.5 Å². The second-order valence-corrected chi connectivity index (χ2v) is 14.7. The lowest BCUT2D eigenvalue weighted by Crippen LogP contribution is -2.56. The molecule has 0 amide bonds. The number of ketones is 2. The van der Waals surface area contributed by atoms with Crippen LogP contribution in [0.1, 0.15) is 78.6 Å². The third kappa shape index (κ3) is 5.81. The molecule has 234 valence electrons. The number of carbonyl (C=O) groups is 3. The molecule has 0 aliphatic heterocycles. The van der Waals surface area contributed by atoms with Crippen molar-refractivity contribution < 1.29 is 34.1 Å². The lowest BCUT2D eigenvalue weighted by molar-refractivity contribution is -0.187. The van der Waals surface area contributed by atoms with Crippen LogP contribution in [-0.2, 0) is 23.9 Å². The number of esters is 1. The summed E-state index contributed by atoms with van der Waals surface area (Å²) in [5, 5.41) is 23.0. The normalized spacial score (nSPS) is 39.6. The Bertz CT molecular complexity index is 1110. The van der Waals surface area contributed by atoms with E-state index in [2.05, 4.69) is 13.8 Å². The summed E-state index contributed by atoms with van der Waals surface area (Å²) in [4.78, 5) is 40.8. The molecule has 2 unspecified atom stereocenters. The van der Waals surface area contributed by atoms with Crippen LogP contribution in [0.4, 0.5) is 0 Å². The largest absolute Gasteiger partial charge is 0.457 e. The van der Waals surface area contributed by atoms with Gasteiger partial charge in [0.1, 0.15) is 6.61 Å². The molecule has 4 saturated carbocycles. The third-order valence-electron chi connectivity index (χ3n) is 11.6. The number of Topliss-reactive ketones (excluding diaryl/α,β-unsaturated/α-hetero) is 1. The molecular formula is C34H51NO7. The van der Waals surface area contributed by atoms with Crippen LogP contribution in [0.2, 0.25) is 0 Å². The molecule has 42 heavy (non-hydrogen) atoms. The van der Waals surface area contributed by atoms with Gasteiger partial charge in [-0.25, -0.2) is 0 Å². The predicted molar refractivity (Wildman–Crippen MR) is 158 cm³/mol. The molecule has 0 saturated heterocycles. The van der Waals surface area contributed by atoms with Gasteiger partial charge in [-0.15, -0.1) is 0 Å². The highest BCUT2D eigenvalue weighted by molar-refractivity contribution is 6.01. The number of ether oxygens (including phenoxy) is 2. The Morgan fingerprint density at radius 1 is 1.14 bits per heavy atom. The molecule has 8 nitrogen and oxygen atoms in total. The summed E-state index contributed by atoms with van der Waals surface area (Å²) in [7, 11) is 3.78. The van der Waals surface area contributed by atoms with E-state index in [9.17, 15) is 24.6 Å². The van der Waals surface area contributed by atoms with Crippen molar-refractivity contribution in [3.8, 4) is 0 Å². The van der Waals surface area contributed by atoms with E-state index in [1.54, 1.807) is 19.1 Å². The minimum Gasteiger partial charge on any atom is -0.457 e. The molecule has 8 heteroatoms. The van der Waals surface area contributed by atoms with Gasteiger partial charge in [0.2, 0.25) is 0 Å². The van der Waals surface area contributed by atoms with Gasteiger partial charge in [-0.1, -0.05) is 51.7 Å². The molecular weight excluding hydrogens is 534 g/mol. The molecule has 0 bridgehead atoms. The number of hydrogen-bond donors (Lipinski definition) is 2. The molecule has 0 aromatic heterocycles. The van der Waals surface area contributed by atoms with Crippen LogP contribution in [0.25, 0.3) is 0 Å². The number of aliphatic hydroxyl groups is 2. The first-order valence-electron chi connectivity index (χ1n) is 16.1. The molecule has 0 radical (unpaired) electrons. The van der Waals surface area contributed by atoms with Gasteiger partial charge in [0.15, 0.2) is 17.9 Å². The molecule has 5 rings (SSSR count). The van der Waals surface area contributed by atoms with Crippen LogP contribution in [0, 0.1) is 46.3 Å². The first-order chi connectivity index (χ1) is 19.8. The number of carbonyl (C=O) groups excluding carboxylic acids is 3. The zero-order valence-electron chi connectivity index (χ0n) is 26.1. The Balaban J connectivity index is 1.41. The summed E-state index contributed by atoms with van der Waals surface area (Å²) in [5.41, 5.74) is 0.112. The second kappa shape index (κ2) is 12.3. The molecule has 0 aromatic carbocycles. The van der Waals surface area contributed by atoms with Gasteiger partial charge in [0.25, 0.3) is 0 Å². The van der Waals surface area contributed by atoms with Crippen LogP contribution < -0.4 is 0 Å². The van der Waals surface area contributed by atoms with E-state index in [0.29, 0.717) is 19.4 Å². The molecule has 0 spiro atoms. The first kappa shape index (κ1) is 31.6. The summed E-state index contributed by atoms with van der Waals surface area (Å²) < 4.78 is 12.0. The smallest absolute Gasteiger partial charge is 0.310 e. The summed E-state index contributed by atoms with van der Waals surface area (Å²) in [6.45, 7) is 6.23. The Kier molecular flexibility index (Phi) is 9.21. The number of aliphatic hydroxyl groups excluding tert-OH is 2. The van der Waals surface area contributed by atoms with Gasteiger partial charge < -0.3 is 24.6 Å². The third-order valence-corrected chi connectivity index (χ3v) is 11.6. The van der Waals surface area contributed by atoms with Crippen molar-refractivity contribution in [1.82, 2.24) is 4.90 Å². The van der Waals surface area contributed by atoms with Crippen LogP contribution >= 0.6 is 0 Å². The summed E-state index contributed by atoms with van der Waals surface area (Å²) >= 11 is 0. The van der Waals surface area contributed by atoms with Gasteiger partial charge in [-0.3, -0.25) is 14.4 Å². The standard InChI is InChI=1S/C34H51NO7/c1-20(18-35(4)5)31(39)41-19-27(38)30-28(42-32(40)21-9-7-6-8-10-21)16-25-24-12-11-22-15-23(36)13-14-33(22,2)29(24)26(37)17-34(25,30)3/h13-15,20-21,24-26,28-30,32,37,40H,6-12,16-19H2,1-5H3/t20-,24+,25?,26+,28-,29?,30+,32+,33+,34+/m1/s1. The molecule has 4 fully saturated rings. The van der Waals surface area contributed by atoms with E-state index in [0.717, 1.165) is 44.1 Å².